The third kappa shape index (κ3) is 3.35. The summed E-state index contributed by atoms with van der Waals surface area (Å²) < 4.78 is 8.83. The van der Waals surface area contributed by atoms with E-state index in [1.54, 1.807) is 18.0 Å². The second-order valence-corrected chi connectivity index (χ2v) is 6.00. The first-order chi connectivity index (χ1) is 12.0. The summed E-state index contributed by atoms with van der Waals surface area (Å²) >= 11 is 0. The molecule has 0 unspecified atom stereocenters. The van der Waals surface area contributed by atoms with E-state index in [0.29, 0.717) is 0 Å². The van der Waals surface area contributed by atoms with Crippen molar-refractivity contribution in [3.63, 3.8) is 0 Å². The maximum Gasteiger partial charge on any atom is 0.242 e. The second-order valence-electron chi connectivity index (χ2n) is 6.00. The van der Waals surface area contributed by atoms with E-state index in [1.165, 1.54) is 0 Å². The van der Waals surface area contributed by atoms with Gasteiger partial charge < -0.3 is 10.1 Å². The van der Waals surface area contributed by atoms with Crippen LogP contribution in [0.5, 0.6) is 5.75 Å². The van der Waals surface area contributed by atoms with Crippen molar-refractivity contribution in [1.29, 1.82) is 0 Å². The first-order valence-electron chi connectivity index (χ1n) is 8.35. The highest BCUT2D eigenvalue weighted by Gasteiger charge is 2.16. The Morgan fingerprint density at radius 1 is 1.36 bits per heavy atom. The quantitative estimate of drug-likeness (QED) is 0.747. The van der Waals surface area contributed by atoms with Crippen LogP contribution in [0.3, 0.4) is 0 Å². The van der Waals surface area contributed by atoms with E-state index in [1.807, 2.05) is 49.7 Å². The molecule has 0 aliphatic carbocycles. The molecule has 0 radical (unpaired) electrons. The summed E-state index contributed by atoms with van der Waals surface area (Å²) in [6.45, 7) is 6.85. The number of amides is 1. The molecule has 1 amide bonds. The number of methoxy groups -OCH3 is 1. The van der Waals surface area contributed by atoms with E-state index >= 15 is 0 Å². The molecule has 2 heterocycles. The zero-order valence-corrected chi connectivity index (χ0v) is 15.0. The summed E-state index contributed by atoms with van der Waals surface area (Å²) in [5, 5.41) is 11.8. The van der Waals surface area contributed by atoms with Crippen LogP contribution >= 0.6 is 0 Å². The van der Waals surface area contributed by atoms with E-state index in [-0.39, 0.29) is 18.5 Å². The van der Waals surface area contributed by atoms with Crippen LogP contribution < -0.4 is 10.1 Å². The van der Waals surface area contributed by atoms with Crippen LogP contribution in [0.1, 0.15) is 31.1 Å². The lowest BCUT2D eigenvalue weighted by Gasteiger charge is -2.15. The largest absolute Gasteiger partial charge is 0.497 e. The second kappa shape index (κ2) is 6.96. The summed E-state index contributed by atoms with van der Waals surface area (Å²) in [6.07, 6.45) is 1.76. The van der Waals surface area contributed by atoms with Crippen molar-refractivity contribution in [1.82, 2.24) is 24.9 Å². The van der Waals surface area contributed by atoms with Gasteiger partial charge in [-0.2, -0.15) is 10.2 Å². The Morgan fingerprint density at radius 3 is 2.88 bits per heavy atom. The van der Waals surface area contributed by atoms with Crippen LogP contribution in [0.25, 0.3) is 11.0 Å². The Balaban J connectivity index is 1.73. The summed E-state index contributed by atoms with van der Waals surface area (Å²) in [4.78, 5) is 12.4. The molecule has 0 saturated heterocycles. The van der Waals surface area contributed by atoms with E-state index in [9.17, 15) is 4.79 Å². The van der Waals surface area contributed by atoms with Crippen molar-refractivity contribution >= 4 is 16.9 Å². The van der Waals surface area contributed by atoms with Gasteiger partial charge in [0.05, 0.1) is 25.0 Å². The van der Waals surface area contributed by atoms with Gasteiger partial charge in [-0.15, -0.1) is 0 Å². The lowest BCUT2D eigenvalue weighted by atomic mass is 10.1. The molecule has 1 N–H and O–H groups in total. The lowest BCUT2D eigenvalue weighted by molar-refractivity contribution is -0.122. The van der Waals surface area contributed by atoms with Crippen LogP contribution in [-0.2, 0) is 17.9 Å². The molecule has 25 heavy (non-hydrogen) atoms. The van der Waals surface area contributed by atoms with Crippen LogP contribution in [0, 0.1) is 6.92 Å². The number of fused-ring (bicyclic) bond motifs is 1. The highest BCUT2D eigenvalue weighted by Crippen LogP contribution is 2.20. The zero-order valence-electron chi connectivity index (χ0n) is 15.0. The van der Waals surface area contributed by atoms with Crippen LogP contribution in [0.4, 0.5) is 0 Å². The highest BCUT2D eigenvalue weighted by atomic mass is 16.5. The molecule has 2 aromatic heterocycles. The van der Waals surface area contributed by atoms with Crippen LogP contribution in [0.15, 0.2) is 30.5 Å². The van der Waals surface area contributed by atoms with Gasteiger partial charge in [0.2, 0.25) is 5.91 Å². The highest BCUT2D eigenvalue weighted by molar-refractivity contribution is 5.81. The molecule has 132 valence electrons. The summed E-state index contributed by atoms with van der Waals surface area (Å²) in [6, 6.07) is 7.57. The molecule has 0 saturated carbocycles. The topological polar surface area (TPSA) is 74.0 Å². The number of benzene rings is 1. The average molecular weight is 341 g/mol. The number of nitrogens with one attached hydrogen (secondary N) is 1. The van der Waals surface area contributed by atoms with Crippen molar-refractivity contribution < 1.29 is 9.53 Å². The number of hydrogen-bond donors (Lipinski definition) is 1. The summed E-state index contributed by atoms with van der Waals surface area (Å²) in [5.41, 5.74) is 3.73. The minimum atomic E-state index is -0.117. The molecule has 0 bridgehead atoms. The molecule has 0 aliphatic heterocycles. The van der Waals surface area contributed by atoms with E-state index in [4.69, 9.17) is 4.74 Å². The molecule has 7 heteroatoms. The van der Waals surface area contributed by atoms with E-state index < -0.39 is 0 Å². The molecule has 0 spiro atoms. The van der Waals surface area contributed by atoms with Gasteiger partial charge in [0.15, 0.2) is 0 Å². The third-order valence-electron chi connectivity index (χ3n) is 4.28. The van der Waals surface area contributed by atoms with Gasteiger partial charge in [0.25, 0.3) is 0 Å². The number of rotatable bonds is 6. The normalized spacial score (nSPS) is 12.3. The van der Waals surface area contributed by atoms with E-state index in [0.717, 1.165) is 34.6 Å². The molecule has 0 fully saturated rings. The van der Waals surface area contributed by atoms with Gasteiger partial charge in [-0.3, -0.25) is 14.2 Å². The Morgan fingerprint density at radius 2 is 2.16 bits per heavy atom. The van der Waals surface area contributed by atoms with Crippen molar-refractivity contribution in [2.24, 2.45) is 0 Å². The molecular weight excluding hydrogens is 318 g/mol. The fourth-order valence-electron chi connectivity index (χ4n) is 3.00. The van der Waals surface area contributed by atoms with Crippen molar-refractivity contribution in [3.8, 4) is 5.75 Å². The van der Waals surface area contributed by atoms with Gasteiger partial charge in [0.1, 0.15) is 23.3 Å². The molecule has 1 aromatic carbocycles. The lowest BCUT2D eigenvalue weighted by Crippen LogP contribution is -2.30. The molecular formula is C18H23N5O2. The van der Waals surface area contributed by atoms with Crippen LogP contribution in [0.2, 0.25) is 0 Å². The molecule has 3 aromatic rings. The minimum absolute atomic E-state index is 0.0935. The Labute approximate surface area is 146 Å². The number of nitrogens with zero attached hydrogens (tertiary/aromatic N) is 4. The monoisotopic (exact) mass is 341 g/mol. The van der Waals surface area contributed by atoms with E-state index in [2.05, 4.69) is 15.5 Å². The maximum atomic E-state index is 12.4. The van der Waals surface area contributed by atoms with Crippen molar-refractivity contribution in [3.05, 3.63) is 41.7 Å². The predicted octanol–water partition coefficient (Wildman–Crippen LogP) is 2.45. The minimum Gasteiger partial charge on any atom is -0.497 e. The Kier molecular flexibility index (Phi) is 4.74. The van der Waals surface area contributed by atoms with Crippen LogP contribution in [-0.4, -0.2) is 32.6 Å². The average Bonchev–Trinajstić information content (AvgIpc) is 3.16. The Bertz CT molecular complexity index is 896. The van der Waals surface area contributed by atoms with Gasteiger partial charge in [-0.25, -0.2) is 0 Å². The van der Waals surface area contributed by atoms with Gasteiger partial charge in [-0.1, -0.05) is 12.1 Å². The van der Waals surface area contributed by atoms with Crippen molar-refractivity contribution in [2.45, 2.75) is 39.9 Å². The summed E-state index contributed by atoms with van der Waals surface area (Å²) in [5.74, 6) is 0.680. The number of aryl methyl sites for hydroxylation is 2. The standard InChI is InChI=1S/C18H23N5O2/c1-5-22-16-10-19-23(18(16)13(3)21-22)11-17(24)20-12(2)14-7-6-8-15(9-14)25-4/h6-10,12H,5,11H2,1-4H3,(H,20,24)/t12-/m0/s1. The number of ether oxygens (including phenoxy) is 1. The Hall–Kier alpha value is -2.83. The fraction of sp³-hybridized carbons (Fsp3) is 0.389. The maximum absolute atomic E-state index is 12.4. The number of aromatic nitrogens is 4. The molecule has 0 aliphatic rings. The first-order valence-corrected chi connectivity index (χ1v) is 8.35. The molecule has 7 nitrogen and oxygen atoms in total. The summed E-state index contributed by atoms with van der Waals surface area (Å²) in [7, 11) is 1.63. The SMILES string of the molecule is CCn1nc(C)c2c1cnn2CC(=O)N[C@@H](C)c1cccc(OC)c1. The molecule has 3 rings (SSSR count). The van der Waals surface area contributed by atoms with Gasteiger partial charge in [0, 0.05) is 6.54 Å². The number of carbonyl (C=O) groups excluding carboxylic acids is 1. The van der Waals surface area contributed by atoms with Gasteiger partial charge >= 0.3 is 0 Å². The number of hydrogen-bond acceptors (Lipinski definition) is 4. The smallest absolute Gasteiger partial charge is 0.242 e. The number of carbonyl (C=O) groups is 1. The fourth-order valence-corrected chi connectivity index (χ4v) is 3.00. The predicted molar refractivity (Wildman–Crippen MR) is 95.5 cm³/mol. The van der Waals surface area contributed by atoms with Crippen molar-refractivity contribution in [2.75, 3.05) is 7.11 Å². The first kappa shape index (κ1) is 17.0. The zero-order chi connectivity index (χ0) is 18.0. The molecule has 1 atom stereocenters. The van der Waals surface area contributed by atoms with Gasteiger partial charge in [-0.05, 0) is 38.5 Å². The third-order valence-corrected chi connectivity index (χ3v) is 4.28.